The van der Waals surface area contributed by atoms with Crippen molar-refractivity contribution in [2.45, 2.75) is 56.2 Å². The fraction of sp³-hybridized carbons (Fsp3) is 0.522. The molecule has 2 fully saturated rings. The Bertz CT molecular complexity index is 1010. The van der Waals surface area contributed by atoms with Gasteiger partial charge in [-0.25, -0.2) is 18.1 Å². The van der Waals surface area contributed by atoms with E-state index in [9.17, 15) is 13.5 Å². The molecule has 32 heavy (non-hydrogen) atoms. The third kappa shape index (κ3) is 5.73. The number of rotatable bonds is 7. The first kappa shape index (κ1) is 23.3. The minimum absolute atomic E-state index is 0.0462. The van der Waals surface area contributed by atoms with E-state index in [0.29, 0.717) is 31.3 Å². The molecule has 1 saturated carbocycles. The van der Waals surface area contributed by atoms with E-state index < -0.39 is 10.0 Å². The molecule has 1 aromatic heterocycles. The van der Waals surface area contributed by atoms with Crippen molar-refractivity contribution in [2.75, 3.05) is 24.3 Å². The molecule has 1 aliphatic heterocycles. The van der Waals surface area contributed by atoms with Crippen LogP contribution in [0.25, 0.3) is 0 Å². The van der Waals surface area contributed by atoms with Crippen molar-refractivity contribution < 1.29 is 18.3 Å². The van der Waals surface area contributed by atoms with Crippen molar-refractivity contribution in [3.63, 3.8) is 0 Å². The molecule has 0 spiro atoms. The van der Waals surface area contributed by atoms with Crippen LogP contribution >= 0.6 is 11.6 Å². The van der Waals surface area contributed by atoms with E-state index in [0.717, 1.165) is 25.7 Å². The lowest BCUT2D eigenvalue weighted by Gasteiger charge is -2.33. The van der Waals surface area contributed by atoms with Crippen LogP contribution in [0.3, 0.4) is 0 Å². The monoisotopic (exact) mass is 479 g/mol. The predicted octanol–water partition coefficient (Wildman–Crippen LogP) is 3.68. The summed E-state index contributed by atoms with van der Waals surface area (Å²) in [7, 11) is -3.37. The SMILES string of the molecule is CS(=O)(=O)N[C@H]1CCN(c2cc(O)c(Cl)cn2)[C@H]1CO[C@H]1CC[C@@H](c2ccccc2)CC1. The van der Waals surface area contributed by atoms with Gasteiger partial charge in [0.15, 0.2) is 0 Å². The van der Waals surface area contributed by atoms with E-state index >= 15 is 0 Å². The first-order valence-electron chi connectivity index (χ1n) is 11.0. The van der Waals surface area contributed by atoms with Gasteiger partial charge in [-0.2, -0.15) is 0 Å². The number of ether oxygens (including phenoxy) is 1. The maximum atomic E-state index is 11.9. The normalized spacial score (nSPS) is 26.4. The summed E-state index contributed by atoms with van der Waals surface area (Å²) < 4.78 is 32.9. The molecule has 1 aromatic carbocycles. The maximum absolute atomic E-state index is 11.9. The minimum Gasteiger partial charge on any atom is -0.506 e. The molecule has 0 unspecified atom stereocenters. The highest BCUT2D eigenvalue weighted by Gasteiger charge is 2.37. The summed E-state index contributed by atoms with van der Waals surface area (Å²) in [6.07, 6.45) is 7.50. The van der Waals surface area contributed by atoms with Crippen molar-refractivity contribution in [1.82, 2.24) is 9.71 Å². The third-order valence-electron chi connectivity index (χ3n) is 6.47. The number of anilines is 1. The number of aromatic nitrogens is 1. The van der Waals surface area contributed by atoms with Crippen LogP contribution in [0.1, 0.15) is 43.6 Å². The van der Waals surface area contributed by atoms with Crippen LogP contribution in [-0.4, -0.2) is 56.1 Å². The fourth-order valence-electron chi connectivity index (χ4n) is 4.85. The number of hydrogen-bond donors (Lipinski definition) is 2. The Balaban J connectivity index is 1.41. The highest BCUT2D eigenvalue weighted by Crippen LogP contribution is 2.35. The van der Waals surface area contributed by atoms with Gasteiger partial charge >= 0.3 is 0 Å². The van der Waals surface area contributed by atoms with E-state index in [4.69, 9.17) is 16.3 Å². The molecule has 2 aromatic rings. The molecular weight excluding hydrogens is 450 g/mol. The van der Waals surface area contributed by atoms with E-state index in [1.807, 2.05) is 11.0 Å². The van der Waals surface area contributed by atoms with Crippen molar-refractivity contribution in [3.8, 4) is 5.75 Å². The smallest absolute Gasteiger partial charge is 0.209 e. The topological polar surface area (TPSA) is 91.8 Å². The van der Waals surface area contributed by atoms with Crippen molar-refractivity contribution in [2.24, 2.45) is 0 Å². The number of aromatic hydroxyl groups is 1. The van der Waals surface area contributed by atoms with Crippen LogP contribution in [-0.2, 0) is 14.8 Å². The van der Waals surface area contributed by atoms with Crippen LogP contribution in [0, 0.1) is 0 Å². The fourth-order valence-corrected chi connectivity index (χ4v) is 5.78. The van der Waals surface area contributed by atoms with E-state index in [1.54, 1.807) is 0 Å². The van der Waals surface area contributed by atoms with E-state index in [1.165, 1.54) is 24.1 Å². The van der Waals surface area contributed by atoms with Gasteiger partial charge in [0.05, 0.1) is 31.2 Å². The van der Waals surface area contributed by atoms with Crippen molar-refractivity contribution >= 4 is 27.4 Å². The van der Waals surface area contributed by atoms with Crippen LogP contribution in [0.4, 0.5) is 5.82 Å². The molecule has 9 heteroatoms. The third-order valence-corrected chi connectivity index (χ3v) is 7.50. The average Bonchev–Trinajstić information content (AvgIpc) is 3.16. The van der Waals surface area contributed by atoms with Gasteiger partial charge in [-0.05, 0) is 43.6 Å². The van der Waals surface area contributed by atoms with Gasteiger partial charge in [-0.3, -0.25) is 0 Å². The van der Waals surface area contributed by atoms with Crippen LogP contribution in [0.2, 0.25) is 5.02 Å². The molecule has 2 N–H and O–H groups in total. The Morgan fingerprint density at radius 1 is 1.19 bits per heavy atom. The van der Waals surface area contributed by atoms with Crippen molar-refractivity contribution in [1.29, 1.82) is 0 Å². The van der Waals surface area contributed by atoms with E-state index in [2.05, 4.69) is 34.0 Å². The molecule has 0 radical (unpaired) electrons. The minimum atomic E-state index is -3.37. The number of nitrogens with one attached hydrogen (secondary N) is 1. The summed E-state index contributed by atoms with van der Waals surface area (Å²) >= 11 is 5.91. The molecular formula is C23H30ClN3O4S. The summed E-state index contributed by atoms with van der Waals surface area (Å²) in [6, 6.07) is 11.6. The van der Waals surface area contributed by atoms with Gasteiger partial charge in [0.1, 0.15) is 16.6 Å². The number of benzene rings is 1. The van der Waals surface area contributed by atoms with Gasteiger partial charge in [-0.15, -0.1) is 0 Å². The molecule has 2 atom stereocenters. The Kier molecular flexibility index (Phi) is 7.24. The van der Waals surface area contributed by atoms with Gasteiger partial charge < -0.3 is 14.7 Å². The number of nitrogens with zero attached hydrogens (tertiary/aromatic N) is 2. The summed E-state index contributed by atoms with van der Waals surface area (Å²) in [4.78, 5) is 6.34. The Hall–Kier alpha value is -1.87. The lowest BCUT2D eigenvalue weighted by molar-refractivity contribution is 0.0156. The molecule has 0 bridgehead atoms. The second-order valence-electron chi connectivity index (χ2n) is 8.76. The zero-order valence-electron chi connectivity index (χ0n) is 18.2. The highest BCUT2D eigenvalue weighted by molar-refractivity contribution is 7.88. The number of hydrogen-bond acceptors (Lipinski definition) is 6. The Morgan fingerprint density at radius 2 is 1.91 bits per heavy atom. The molecule has 7 nitrogen and oxygen atoms in total. The van der Waals surface area contributed by atoms with Gasteiger partial charge in [0.25, 0.3) is 0 Å². The van der Waals surface area contributed by atoms with Crippen LogP contribution < -0.4 is 9.62 Å². The molecule has 174 valence electrons. The lowest BCUT2D eigenvalue weighted by Crippen LogP contribution is -2.48. The molecule has 1 aliphatic carbocycles. The standard InChI is InChI=1S/C23H30ClN3O4S/c1-32(29,30)26-20-11-12-27(23-13-22(28)19(24)14-25-23)21(20)15-31-18-9-7-17(8-10-18)16-5-3-2-4-6-16/h2-6,13-14,17-18,20-21,26H,7-12,15H2,1H3,(H,25,28)/t17-,18+,20-,21-/m0/s1. The highest BCUT2D eigenvalue weighted by atomic mass is 35.5. The number of halogens is 1. The van der Waals surface area contributed by atoms with Gasteiger partial charge in [0.2, 0.25) is 10.0 Å². The summed E-state index contributed by atoms with van der Waals surface area (Å²) in [5.74, 6) is 1.08. The first-order valence-corrected chi connectivity index (χ1v) is 13.3. The Labute approximate surface area is 194 Å². The molecule has 2 heterocycles. The molecule has 4 rings (SSSR count). The maximum Gasteiger partial charge on any atom is 0.209 e. The van der Waals surface area contributed by atoms with Gasteiger partial charge in [0, 0.05) is 18.7 Å². The lowest BCUT2D eigenvalue weighted by atomic mass is 9.83. The first-order chi connectivity index (χ1) is 15.3. The molecule has 1 saturated heterocycles. The second-order valence-corrected chi connectivity index (χ2v) is 10.9. The zero-order chi connectivity index (χ0) is 22.7. The summed E-state index contributed by atoms with van der Waals surface area (Å²) in [6.45, 7) is 0.995. The quantitative estimate of drug-likeness (QED) is 0.629. The average molecular weight is 480 g/mol. The van der Waals surface area contributed by atoms with Crippen LogP contribution in [0.5, 0.6) is 5.75 Å². The predicted molar refractivity (Wildman–Crippen MR) is 126 cm³/mol. The molecule has 0 amide bonds. The van der Waals surface area contributed by atoms with Crippen molar-refractivity contribution in [3.05, 3.63) is 53.2 Å². The van der Waals surface area contributed by atoms with Crippen LogP contribution in [0.15, 0.2) is 42.6 Å². The summed E-state index contributed by atoms with van der Waals surface area (Å²) in [5, 5.41) is 10.2. The number of pyridine rings is 1. The second kappa shape index (κ2) is 9.95. The summed E-state index contributed by atoms with van der Waals surface area (Å²) in [5.41, 5.74) is 1.39. The zero-order valence-corrected chi connectivity index (χ0v) is 19.7. The number of sulfonamides is 1. The van der Waals surface area contributed by atoms with E-state index in [-0.39, 0.29) is 29.0 Å². The van der Waals surface area contributed by atoms with Gasteiger partial charge in [-0.1, -0.05) is 41.9 Å². The Morgan fingerprint density at radius 3 is 2.56 bits per heavy atom. The largest absolute Gasteiger partial charge is 0.506 e. The molecule has 2 aliphatic rings.